The Morgan fingerprint density at radius 1 is 1.20 bits per heavy atom. The second-order valence-corrected chi connectivity index (χ2v) is 9.50. The number of carbonyl (C=O) groups excluding carboxylic acids is 1. The van der Waals surface area contributed by atoms with Gasteiger partial charge in [-0.3, -0.25) is 4.79 Å². The van der Waals surface area contributed by atoms with Crippen molar-refractivity contribution in [3.05, 3.63) is 75.8 Å². The Morgan fingerprint density at radius 2 is 2.00 bits per heavy atom. The highest BCUT2D eigenvalue weighted by molar-refractivity contribution is 7.49. The second-order valence-electron chi connectivity index (χ2n) is 6.55. The van der Waals surface area contributed by atoms with Gasteiger partial charge < -0.3 is 14.4 Å². The van der Waals surface area contributed by atoms with Crippen LogP contribution in [-0.4, -0.2) is 19.1 Å². The lowest BCUT2D eigenvalue weighted by Crippen LogP contribution is -2.26. The van der Waals surface area contributed by atoms with Crippen LogP contribution in [-0.2, 0) is 13.8 Å². The van der Waals surface area contributed by atoms with Crippen molar-refractivity contribution in [1.29, 1.82) is 0 Å². The van der Waals surface area contributed by atoms with E-state index in [1.165, 1.54) is 29.7 Å². The molecule has 30 heavy (non-hydrogen) atoms. The lowest BCUT2D eigenvalue weighted by molar-refractivity contribution is -0.120. The lowest BCUT2D eigenvalue weighted by atomic mass is 10.1. The Hall–Kier alpha value is -1.89. The van der Waals surface area contributed by atoms with E-state index in [1.54, 1.807) is 6.07 Å². The molecule has 3 aromatic rings. The largest absolute Gasteiger partial charge is 0.333 e. The molecular weight excluding hydrogens is 451 g/mol. The first kappa shape index (κ1) is 21.3. The van der Waals surface area contributed by atoms with Crippen LogP contribution in [0.3, 0.4) is 0 Å². The highest BCUT2D eigenvalue weighted by Crippen LogP contribution is 2.56. The zero-order chi connectivity index (χ0) is 21.1. The zero-order valence-corrected chi connectivity index (χ0v) is 18.1. The number of thiophene rings is 1. The van der Waals surface area contributed by atoms with Crippen LogP contribution in [0.4, 0.5) is 8.78 Å². The van der Waals surface area contributed by atoms with Crippen LogP contribution in [0.1, 0.15) is 23.2 Å². The molecule has 1 fully saturated rings. The van der Waals surface area contributed by atoms with Gasteiger partial charge in [0, 0.05) is 27.6 Å². The molecule has 0 spiro atoms. The minimum absolute atomic E-state index is 0.164. The third-order valence-corrected chi connectivity index (χ3v) is 7.52. The van der Waals surface area contributed by atoms with Crippen molar-refractivity contribution in [1.82, 2.24) is 5.32 Å². The van der Waals surface area contributed by atoms with Gasteiger partial charge in [-0.1, -0.05) is 11.6 Å². The van der Waals surface area contributed by atoms with Gasteiger partial charge >= 0.3 is 0 Å². The first-order chi connectivity index (χ1) is 14.5. The molecule has 0 saturated carbocycles. The molecule has 2 aromatic carbocycles. The van der Waals surface area contributed by atoms with Crippen LogP contribution in [0.15, 0.2) is 48.0 Å². The number of halogens is 3. The number of carbonyl (C=O) groups is 1. The van der Waals surface area contributed by atoms with E-state index in [0.29, 0.717) is 18.2 Å². The Balaban J connectivity index is 1.61. The summed E-state index contributed by atoms with van der Waals surface area (Å²) >= 11 is 7.68. The molecule has 0 radical (unpaired) electrons. The number of nitrogens with one attached hydrogen (secondary N) is 1. The number of rotatable bonds is 5. The Bertz CT molecular complexity index is 1100. The van der Waals surface area contributed by atoms with Crippen molar-refractivity contribution >= 4 is 53.4 Å². The first-order valence-corrected chi connectivity index (χ1v) is 11.7. The maximum atomic E-state index is 13.8. The third kappa shape index (κ3) is 4.71. The van der Waals surface area contributed by atoms with Crippen molar-refractivity contribution in [2.24, 2.45) is 0 Å². The standard InChI is InChI=1S/C21H17ClF2NO3PS/c22-14-3-5-19-16(10-14)17(12-30-19)20(29-27-8-1-9-28-29)21(26)25-7-6-13-2-4-15(23)11-18(13)24/h2-7,10-12,20H,1,8-9H2,(H,25,26). The van der Waals surface area contributed by atoms with Gasteiger partial charge in [0.05, 0.1) is 13.2 Å². The zero-order valence-electron chi connectivity index (χ0n) is 15.6. The fourth-order valence-corrected chi connectivity index (χ4v) is 6.00. The van der Waals surface area contributed by atoms with Crippen LogP contribution < -0.4 is 5.32 Å². The van der Waals surface area contributed by atoms with Gasteiger partial charge in [0.25, 0.3) is 0 Å². The van der Waals surface area contributed by atoms with E-state index in [0.717, 1.165) is 34.2 Å². The summed E-state index contributed by atoms with van der Waals surface area (Å²) in [7, 11) is -1.50. The summed E-state index contributed by atoms with van der Waals surface area (Å²) in [6, 6.07) is 8.79. The van der Waals surface area contributed by atoms with Gasteiger partial charge in [-0.15, -0.1) is 11.3 Å². The van der Waals surface area contributed by atoms with Crippen LogP contribution >= 0.6 is 31.3 Å². The lowest BCUT2D eigenvalue weighted by Gasteiger charge is -2.28. The number of hydrogen-bond donors (Lipinski definition) is 1. The van der Waals surface area contributed by atoms with Crippen molar-refractivity contribution in [3.8, 4) is 0 Å². The molecule has 2 heterocycles. The molecule has 4 rings (SSSR count). The minimum atomic E-state index is -1.50. The molecule has 9 heteroatoms. The van der Waals surface area contributed by atoms with E-state index in [1.807, 2.05) is 17.5 Å². The van der Waals surface area contributed by atoms with E-state index in [9.17, 15) is 13.6 Å². The van der Waals surface area contributed by atoms with Crippen molar-refractivity contribution in [3.63, 3.8) is 0 Å². The second kappa shape index (κ2) is 9.50. The van der Waals surface area contributed by atoms with Gasteiger partial charge in [0.1, 0.15) is 17.3 Å². The fraction of sp³-hybridized carbons (Fsp3) is 0.190. The number of benzene rings is 2. The minimum Gasteiger partial charge on any atom is -0.333 e. The quantitative estimate of drug-likeness (QED) is 0.441. The van der Waals surface area contributed by atoms with Gasteiger partial charge in [-0.05, 0) is 59.2 Å². The van der Waals surface area contributed by atoms with E-state index < -0.39 is 25.7 Å². The molecule has 0 bridgehead atoms. The smallest absolute Gasteiger partial charge is 0.240 e. The third-order valence-electron chi connectivity index (χ3n) is 4.50. The monoisotopic (exact) mass is 467 g/mol. The average molecular weight is 468 g/mol. The molecule has 0 aliphatic carbocycles. The maximum absolute atomic E-state index is 13.8. The van der Waals surface area contributed by atoms with Crippen molar-refractivity contribution in [2.75, 3.05) is 13.2 Å². The van der Waals surface area contributed by atoms with Gasteiger partial charge in [0.15, 0.2) is 8.38 Å². The molecule has 1 unspecified atom stereocenters. The predicted octanol–water partition coefficient (Wildman–Crippen LogP) is 6.41. The van der Waals surface area contributed by atoms with Crippen molar-refractivity contribution < 1.29 is 22.6 Å². The number of hydrogen-bond acceptors (Lipinski definition) is 4. The molecule has 1 aliphatic heterocycles. The van der Waals surface area contributed by atoms with E-state index in [2.05, 4.69) is 5.32 Å². The Morgan fingerprint density at radius 3 is 2.77 bits per heavy atom. The molecular formula is C21H17ClF2NO3PS. The molecule has 1 aromatic heterocycles. The molecule has 1 saturated heterocycles. The normalized spacial score (nSPS) is 16.2. The molecule has 1 atom stereocenters. The van der Waals surface area contributed by atoms with E-state index in [-0.39, 0.29) is 11.5 Å². The number of amides is 1. The molecule has 4 nitrogen and oxygen atoms in total. The Labute approximate surface area is 182 Å². The van der Waals surface area contributed by atoms with Crippen LogP contribution in [0.5, 0.6) is 0 Å². The van der Waals surface area contributed by atoms with Gasteiger partial charge in [0.2, 0.25) is 5.91 Å². The summed E-state index contributed by atoms with van der Waals surface area (Å²) in [5, 5.41) is 6.05. The van der Waals surface area contributed by atoms with Gasteiger partial charge in [-0.25, -0.2) is 8.78 Å². The molecule has 1 aliphatic rings. The van der Waals surface area contributed by atoms with E-state index in [4.69, 9.17) is 20.6 Å². The molecule has 1 amide bonds. The topological polar surface area (TPSA) is 47.6 Å². The van der Waals surface area contributed by atoms with Crippen LogP contribution in [0.25, 0.3) is 16.2 Å². The van der Waals surface area contributed by atoms with Crippen molar-refractivity contribution in [2.45, 2.75) is 12.1 Å². The summed E-state index contributed by atoms with van der Waals surface area (Å²) < 4.78 is 39.4. The summed E-state index contributed by atoms with van der Waals surface area (Å²) in [4.78, 5) is 13.1. The highest BCUT2D eigenvalue weighted by atomic mass is 35.5. The summed E-state index contributed by atoms with van der Waals surface area (Å²) in [6.45, 7) is 1.05. The average Bonchev–Trinajstić information content (AvgIpc) is 3.13. The maximum Gasteiger partial charge on any atom is 0.240 e. The van der Waals surface area contributed by atoms with Gasteiger partial charge in [-0.2, -0.15) is 0 Å². The summed E-state index contributed by atoms with van der Waals surface area (Å²) in [5.41, 5.74) is 0.275. The summed E-state index contributed by atoms with van der Waals surface area (Å²) in [5.74, 6) is -1.70. The van der Waals surface area contributed by atoms with Crippen LogP contribution in [0, 0.1) is 11.6 Å². The van der Waals surface area contributed by atoms with Crippen LogP contribution in [0.2, 0.25) is 5.02 Å². The first-order valence-electron chi connectivity index (χ1n) is 9.16. The molecule has 1 N–H and O–H groups in total. The summed E-state index contributed by atoms with van der Waals surface area (Å²) in [6.07, 6.45) is 3.49. The molecule has 156 valence electrons. The highest BCUT2D eigenvalue weighted by Gasteiger charge is 2.35. The fourth-order valence-electron chi connectivity index (χ4n) is 3.07. The SMILES string of the molecule is O=C(NC=Cc1ccc(F)cc1F)C(c1csc2ccc(Cl)cc12)P1OCCCO1. The Kier molecular flexibility index (Phi) is 6.76. The predicted molar refractivity (Wildman–Crippen MR) is 117 cm³/mol. The van der Waals surface area contributed by atoms with E-state index >= 15 is 0 Å². The number of fused-ring (bicyclic) bond motifs is 1.